The summed E-state index contributed by atoms with van der Waals surface area (Å²) in [6.07, 6.45) is -2.73. The van der Waals surface area contributed by atoms with Crippen LogP contribution >= 0.6 is 11.6 Å². The molecule has 7 heteroatoms. The van der Waals surface area contributed by atoms with E-state index in [2.05, 4.69) is 4.98 Å². The molecule has 0 bridgehead atoms. The molecule has 0 aliphatic carbocycles. The average molecular weight is 225 g/mol. The van der Waals surface area contributed by atoms with Gasteiger partial charge in [0.2, 0.25) is 0 Å². The second kappa shape index (κ2) is 4.39. The lowest BCUT2D eigenvalue weighted by molar-refractivity contribution is -0.392. The van der Waals surface area contributed by atoms with Crippen LogP contribution in [0.15, 0.2) is 6.20 Å². The number of nitro groups is 1. The van der Waals surface area contributed by atoms with Gasteiger partial charge in [-0.05, 0) is 4.92 Å². The van der Waals surface area contributed by atoms with Crippen LogP contribution in [0.3, 0.4) is 0 Å². The highest BCUT2D eigenvalue weighted by Gasteiger charge is 2.19. The van der Waals surface area contributed by atoms with Gasteiger partial charge in [0.15, 0.2) is 5.82 Å². The predicted molar refractivity (Wildman–Crippen MR) is 50.3 cm³/mol. The van der Waals surface area contributed by atoms with Gasteiger partial charge in [-0.15, -0.1) is 11.6 Å². The summed E-state index contributed by atoms with van der Waals surface area (Å²) in [5, 5.41) is 20.5. The number of aryl methyl sites for hydroxylation is 1. The molecule has 0 aromatic carbocycles. The maximum Gasteiger partial charge on any atom is 0.342 e. The first kappa shape index (κ1) is 5.67. The van der Waals surface area contributed by atoms with E-state index in [1.165, 1.54) is 6.92 Å². The Morgan fingerprint density at radius 1 is 2.07 bits per heavy atom. The van der Waals surface area contributed by atoms with Gasteiger partial charge in [0, 0.05) is 9.67 Å². The Labute approximate surface area is 92.3 Å². The van der Waals surface area contributed by atoms with E-state index >= 15 is 0 Å². The molecule has 6 nitrogen and oxygen atoms in total. The molecule has 0 aliphatic heterocycles. The van der Waals surface area contributed by atoms with Gasteiger partial charge in [0.1, 0.15) is 18.8 Å². The summed E-state index contributed by atoms with van der Waals surface area (Å²) in [5.41, 5.74) is 0. The van der Waals surface area contributed by atoms with Crippen molar-refractivity contribution >= 4 is 17.4 Å². The van der Waals surface area contributed by atoms with Crippen molar-refractivity contribution in [1.82, 2.24) is 9.55 Å². The molecular weight excluding hydrogens is 210 g/mol. The number of imidazole rings is 1. The van der Waals surface area contributed by atoms with Crippen LogP contribution in [-0.4, -0.2) is 31.5 Å². The zero-order chi connectivity index (χ0) is 15.2. The molecule has 0 saturated heterocycles. The Bertz CT molecular complexity index is 513. The number of hydrogen-bond donors (Lipinski definition) is 1. The molecule has 1 rings (SSSR count). The fourth-order valence-corrected chi connectivity index (χ4v) is 0.869. The first-order valence-electron chi connectivity index (χ1n) is 5.94. The van der Waals surface area contributed by atoms with Crippen LogP contribution in [0.1, 0.15) is 12.7 Å². The van der Waals surface area contributed by atoms with Crippen LogP contribution in [0.5, 0.6) is 0 Å². The zero-order valence-corrected chi connectivity index (χ0v) is 7.82. The highest BCUT2D eigenvalue weighted by Crippen LogP contribution is 2.14. The van der Waals surface area contributed by atoms with Gasteiger partial charge in [-0.2, -0.15) is 0 Å². The van der Waals surface area contributed by atoms with Crippen LogP contribution in [0.25, 0.3) is 0 Å². The van der Waals surface area contributed by atoms with Crippen LogP contribution in [0.2, 0.25) is 0 Å². The largest absolute Gasteiger partial charge is 0.388 e. The monoisotopic (exact) mass is 224 g/mol. The Morgan fingerprint density at radius 2 is 2.71 bits per heavy atom. The molecule has 1 heterocycles. The van der Waals surface area contributed by atoms with Crippen molar-refractivity contribution in [1.29, 1.82) is 0 Å². The highest BCUT2D eigenvalue weighted by atomic mass is 35.5. The SMILES string of the molecule is [2H]C([2H])(Cl)C([2H])(O)C([2H])([2H])n1c([N+](=O)[O-])cnc1C. The van der Waals surface area contributed by atoms with Gasteiger partial charge in [-0.3, -0.25) is 0 Å². The van der Waals surface area contributed by atoms with E-state index in [1.54, 1.807) is 0 Å². The molecule has 1 N–H and O–H groups in total. The quantitative estimate of drug-likeness (QED) is 0.464. The van der Waals surface area contributed by atoms with Gasteiger partial charge in [-0.1, -0.05) is 0 Å². The molecule has 78 valence electrons. The Kier molecular flexibility index (Phi) is 1.78. The summed E-state index contributed by atoms with van der Waals surface area (Å²) in [5.74, 6) is -4.21. The van der Waals surface area contributed by atoms with E-state index in [-0.39, 0.29) is 5.82 Å². The first-order valence-corrected chi connectivity index (χ1v) is 3.82. The van der Waals surface area contributed by atoms with E-state index < -0.39 is 29.2 Å². The second-order valence-electron chi connectivity index (χ2n) is 2.31. The normalized spacial score (nSPS) is 22.4. The Morgan fingerprint density at radius 3 is 3.21 bits per heavy atom. The standard InChI is InChI=1S/C7H10ClN3O3/c1-5-9-3-7(11(13)14)10(5)4-6(12)2-8/h3,6,12H,2,4H2,1H3/i2D2,4D2,6D. The summed E-state index contributed by atoms with van der Waals surface area (Å²) in [4.78, 5) is 13.3. The van der Waals surface area contributed by atoms with E-state index in [0.717, 1.165) is 6.20 Å². The number of rotatable bonds is 4. The predicted octanol–water partition coefficient (Wildman–Crippen LogP) is 0.699. The molecule has 0 fully saturated rings. The minimum atomic E-state index is -3.47. The smallest absolute Gasteiger partial charge is 0.342 e. The van der Waals surface area contributed by atoms with Crippen molar-refractivity contribution < 1.29 is 16.9 Å². The molecule has 0 amide bonds. The second-order valence-corrected chi connectivity index (χ2v) is 2.50. The van der Waals surface area contributed by atoms with Crippen molar-refractivity contribution in [2.24, 2.45) is 0 Å². The molecule has 0 spiro atoms. The van der Waals surface area contributed by atoms with Crippen molar-refractivity contribution in [3.63, 3.8) is 0 Å². The number of aromatic nitrogens is 2. The van der Waals surface area contributed by atoms with Crippen molar-refractivity contribution in [2.45, 2.75) is 19.5 Å². The van der Waals surface area contributed by atoms with E-state index in [0.29, 0.717) is 4.57 Å². The van der Waals surface area contributed by atoms with Crippen LogP contribution in [0.4, 0.5) is 5.82 Å². The lowest BCUT2D eigenvalue weighted by Crippen LogP contribution is -2.19. The van der Waals surface area contributed by atoms with Gasteiger partial charge in [0.05, 0.1) is 9.94 Å². The third kappa shape index (κ3) is 2.21. The molecule has 14 heavy (non-hydrogen) atoms. The lowest BCUT2D eigenvalue weighted by Gasteiger charge is -2.06. The summed E-state index contributed by atoms with van der Waals surface area (Å²) in [6, 6.07) is 0. The van der Waals surface area contributed by atoms with Gasteiger partial charge < -0.3 is 15.2 Å². The number of nitrogens with zero attached hydrogens (tertiary/aromatic N) is 3. The van der Waals surface area contributed by atoms with Crippen LogP contribution in [0, 0.1) is 17.0 Å². The molecule has 0 saturated carbocycles. The van der Waals surface area contributed by atoms with Crippen molar-refractivity contribution in [2.75, 3.05) is 5.83 Å². The molecule has 1 atom stereocenters. The maximum absolute atomic E-state index is 10.8. The van der Waals surface area contributed by atoms with Crippen molar-refractivity contribution in [3.8, 4) is 0 Å². The fraction of sp³-hybridized carbons (Fsp3) is 0.571. The van der Waals surface area contributed by atoms with Gasteiger partial charge in [0.25, 0.3) is 0 Å². The molecule has 1 unspecified atom stereocenters. The number of alkyl halides is 1. The molecular formula is C7H10ClN3O3. The lowest BCUT2D eigenvalue weighted by atomic mass is 10.4. The first-order chi connectivity index (χ1) is 8.34. The fourth-order valence-electron chi connectivity index (χ4n) is 0.826. The summed E-state index contributed by atoms with van der Waals surface area (Å²) >= 11 is 5.16. The minimum absolute atomic E-state index is 0.205. The maximum atomic E-state index is 10.8. The van der Waals surface area contributed by atoms with E-state index in [9.17, 15) is 15.2 Å². The van der Waals surface area contributed by atoms with Gasteiger partial charge in [-0.25, -0.2) is 9.55 Å². The van der Waals surface area contributed by atoms with E-state index in [1.807, 2.05) is 0 Å². The number of aliphatic hydroxyl groups is 1. The van der Waals surface area contributed by atoms with E-state index in [4.69, 9.17) is 18.5 Å². The minimum Gasteiger partial charge on any atom is -0.388 e. The highest BCUT2D eigenvalue weighted by molar-refractivity contribution is 6.18. The Balaban J connectivity index is 3.52. The summed E-state index contributed by atoms with van der Waals surface area (Å²) in [7, 11) is 0. The Hall–Kier alpha value is -1.14. The molecule has 0 aliphatic rings. The van der Waals surface area contributed by atoms with Crippen LogP contribution in [-0.2, 0) is 6.50 Å². The summed E-state index contributed by atoms with van der Waals surface area (Å²) in [6.45, 7) is -1.99. The van der Waals surface area contributed by atoms with Crippen molar-refractivity contribution in [3.05, 3.63) is 22.1 Å². The molecule has 1 aromatic heterocycles. The third-order valence-corrected chi connectivity index (χ3v) is 1.59. The number of halogens is 1. The topological polar surface area (TPSA) is 81.2 Å². The van der Waals surface area contributed by atoms with Gasteiger partial charge >= 0.3 is 5.82 Å². The third-order valence-electron chi connectivity index (χ3n) is 1.41. The number of hydrogen-bond acceptors (Lipinski definition) is 4. The summed E-state index contributed by atoms with van der Waals surface area (Å²) < 4.78 is 37.2. The molecule has 0 radical (unpaired) electrons. The van der Waals surface area contributed by atoms with Crippen LogP contribution < -0.4 is 0 Å². The average Bonchev–Trinajstić information content (AvgIpc) is 2.58. The molecule has 1 aromatic rings. The zero-order valence-electron chi connectivity index (χ0n) is 12.1.